The molecule has 0 aromatic carbocycles. The zero-order valence-corrected chi connectivity index (χ0v) is 20.8. The van der Waals surface area contributed by atoms with Crippen LogP contribution < -0.4 is 10.6 Å². The van der Waals surface area contributed by atoms with Crippen molar-refractivity contribution in [3.05, 3.63) is 12.2 Å². The Kier molecular flexibility index (Phi) is 12.1. The first kappa shape index (κ1) is 26.2. The summed E-state index contributed by atoms with van der Waals surface area (Å²) in [5.41, 5.74) is 1.29. The van der Waals surface area contributed by atoms with E-state index in [1.54, 1.807) is 19.0 Å². The number of morpholine rings is 1. The van der Waals surface area contributed by atoms with E-state index in [1.807, 2.05) is 6.92 Å². The van der Waals surface area contributed by atoms with Crippen molar-refractivity contribution in [1.82, 2.24) is 20.4 Å². The maximum atomic E-state index is 11.9. The van der Waals surface area contributed by atoms with Crippen LogP contribution in [-0.2, 0) is 9.53 Å². The Balaban J connectivity index is 0.00000420. The average molecular weight is 521 g/mol. The summed E-state index contributed by atoms with van der Waals surface area (Å²) in [6.07, 6.45) is 6.38. The number of nitrogens with one attached hydrogen (secondary N) is 2. The van der Waals surface area contributed by atoms with Crippen LogP contribution in [0, 0.1) is 5.41 Å². The monoisotopic (exact) mass is 521 g/mol. The Hall–Kier alpha value is -0.870. The lowest BCUT2D eigenvalue weighted by Crippen LogP contribution is -2.51. The van der Waals surface area contributed by atoms with Gasteiger partial charge in [-0.15, -0.1) is 24.0 Å². The molecule has 0 spiro atoms. The molecule has 0 atom stereocenters. The van der Waals surface area contributed by atoms with Crippen LogP contribution >= 0.6 is 24.0 Å². The van der Waals surface area contributed by atoms with Crippen LogP contribution in [0.1, 0.15) is 39.0 Å². The summed E-state index contributed by atoms with van der Waals surface area (Å²) in [4.78, 5) is 20.6. The normalized spacial score (nSPS) is 19.8. The molecule has 168 valence electrons. The lowest BCUT2D eigenvalue weighted by Gasteiger charge is -2.42. The minimum atomic E-state index is -0.00267. The largest absolute Gasteiger partial charge is 0.379 e. The number of hydrogen-bond donors (Lipinski definition) is 2. The van der Waals surface area contributed by atoms with E-state index >= 15 is 0 Å². The smallest absolute Gasteiger partial charge is 0.243 e. The molecule has 1 aliphatic heterocycles. The van der Waals surface area contributed by atoms with Gasteiger partial charge in [-0.2, -0.15) is 0 Å². The quantitative estimate of drug-likeness (QED) is 0.222. The predicted molar refractivity (Wildman–Crippen MR) is 130 cm³/mol. The summed E-state index contributed by atoms with van der Waals surface area (Å²) in [5.74, 6) is 0.697. The molecule has 7 nitrogen and oxygen atoms in total. The van der Waals surface area contributed by atoms with E-state index in [9.17, 15) is 4.79 Å². The number of hydrogen-bond acceptors (Lipinski definition) is 4. The molecule has 29 heavy (non-hydrogen) atoms. The van der Waals surface area contributed by atoms with Crippen LogP contribution in [0.2, 0.25) is 0 Å². The van der Waals surface area contributed by atoms with Gasteiger partial charge in [-0.25, -0.2) is 4.99 Å². The highest BCUT2D eigenvalue weighted by atomic mass is 127. The van der Waals surface area contributed by atoms with Gasteiger partial charge < -0.3 is 20.3 Å². The maximum Gasteiger partial charge on any atom is 0.243 e. The minimum Gasteiger partial charge on any atom is -0.379 e. The summed E-state index contributed by atoms with van der Waals surface area (Å²) in [6, 6.07) is 0. The van der Waals surface area contributed by atoms with Crippen LogP contribution in [0.25, 0.3) is 0 Å². The van der Waals surface area contributed by atoms with Gasteiger partial charge in [0.2, 0.25) is 5.91 Å². The van der Waals surface area contributed by atoms with Crippen molar-refractivity contribution in [3.8, 4) is 0 Å². The number of likely N-dealkylation sites (N-methyl/N-ethyl adjacent to an activating group) is 1. The summed E-state index contributed by atoms with van der Waals surface area (Å²) in [7, 11) is 3.51. The number of halogens is 1. The molecule has 1 amide bonds. The topological polar surface area (TPSA) is 69.2 Å². The van der Waals surface area contributed by atoms with Gasteiger partial charge in [-0.05, 0) is 19.8 Å². The second kappa shape index (κ2) is 13.4. The molecule has 1 saturated heterocycles. The molecule has 2 fully saturated rings. The fraction of sp³-hybridized carbons (Fsp3) is 0.810. The Morgan fingerprint density at radius 3 is 2.41 bits per heavy atom. The summed E-state index contributed by atoms with van der Waals surface area (Å²) in [5, 5.41) is 6.85. The third-order valence-electron chi connectivity index (χ3n) is 5.64. The molecular weight excluding hydrogens is 481 g/mol. The van der Waals surface area contributed by atoms with Crippen LogP contribution in [0.15, 0.2) is 17.1 Å². The van der Waals surface area contributed by atoms with Gasteiger partial charge in [0, 0.05) is 52.2 Å². The first-order chi connectivity index (χ1) is 13.4. The second-order valence-electron chi connectivity index (χ2n) is 8.57. The van der Waals surface area contributed by atoms with Crippen molar-refractivity contribution >= 4 is 35.8 Å². The van der Waals surface area contributed by atoms with E-state index in [4.69, 9.17) is 4.74 Å². The number of rotatable bonds is 8. The molecule has 1 aliphatic carbocycles. The number of aliphatic imine (C=N–C) groups is 1. The lowest BCUT2D eigenvalue weighted by atomic mass is 9.73. The van der Waals surface area contributed by atoms with Gasteiger partial charge in [-0.3, -0.25) is 9.69 Å². The zero-order valence-electron chi connectivity index (χ0n) is 18.5. The molecule has 2 N–H and O–H groups in total. The van der Waals surface area contributed by atoms with Gasteiger partial charge in [0.15, 0.2) is 5.96 Å². The molecular formula is C21H40IN5O2. The van der Waals surface area contributed by atoms with Gasteiger partial charge in [0.25, 0.3) is 0 Å². The van der Waals surface area contributed by atoms with Gasteiger partial charge in [0.05, 0.1) is 13.2 Å². The third-order valence-corrected chi connectivity index (χ3v) is 5.64. The number of amides is 1. The highest BCUT2D eigenvalue weighted by molar-refractivity contribution is 14.0. The number of carbonyl (C=O) groups is 1. The van der Waals surface area contributed by atoms with Crippen molar-refractivity contribution in [3.63, 3.8) is 0 Å². The first-order valence-corrected chi connectivity index (χ1v) is 10.6. The minimum absolute atomic E-state index is 0. The van der Waals surface area contributed by atoms with Crippen molar-refractivity contribution in [2.45, 2.75) is 39.0 Å². The number of guanidine groups is 1. The molecule has 0 bridgehead atoms. The predicted octanol–water partition coefficient (Wildman–Crippen LogP) is 2.09. The molecule has 0 aromatic heterocycles. The highest BCUT2D eigenvalue weighted by Gasteiger charge is 2.34. The van der Waals surface area contributed by atoms with Crippen molar-refractivity contribution < 1.29 is 9.53 Å². The van der Waals surface area contributed by atoms with E-state index in [1.165, 1.54) is 32.1 Å². The van der Waals surface area contributed by atoms with E-state index in [2.05, 4.69) is 27.1 Å². The fourth-order valence-electron chi connectivity index (χ4n) is 3.89. The fourth-order valence-corrected chi connectivity index (χ4v) is 3.89. The summed E-state index contributed by atoms with van der Waals surface area (Å²) in [6.45, 7) is 12.4. The third kappa shape index (κ3) is 9.65. The zero-order chi connectivity index (χ0) is 20.4. The Morgan fingerprint density at radius 1 is 1.17 bits per heavy atom. The van der Waals surface area contributed by atoms with Crippen molar-refractivity contribution in [2.24, 2.45) is 10.4 Å². The average Bonchev–Trinajstić information content (AvgIpc) is 2.68. The number of carbonyl (C=O) groups excluding carboxylic acids is 1. The Morgan fingerprint density at radius 2 is 1.83 bits per heavy atom. The number of nitrogens with zero attached hydrogens (tertiary/aromatic N) is 3. The van der Waals surface area contributed by atoms with Gasteiger partial charge in [0.1, 0.15) is 6.54 Å². The maximum absolute atomic E-state index is 11.9. The second-order valence-corrected chi connectivity index (χ2v) is 8.57. The SMILES string of the molecule is C=C(C)CNC(=NCC(=O)N(C)C)NCC1(CN2CCOCC2)CCCCC1.I. The Labute approximate surface area is 193 Å². The highest BCUT2D eigenvalue weighted by Crippen LogP contribution is 2.36. The molecule has 8 heteroatoms. The number of ether oxygens (including phenoxy) is 1. The summed E-state index contributed by atoms with van der Waals surface area (Å²) < 4.78 is 5.52. The molecule has 2 aliphatic rings. The van der Waals surface area contributed by atoms with Crippen LogP contribution in [-0.4, -0.2) is 88.2 Å². The van der Waals surface area contributed by atoms with Gasteiger partial charge >= 0.3 is 0 Å². The molecule has 2 rings (SSSR count). The molecule has 1 heterocycles. The van der Waals surface area contributed by atoms with Crippen LogP contribution in [0.4, 0.5) is 0 Å². The van der Waals surface area contributed by atoms with E-state index in [0.717, 1.165) is 45.0 Å². The lowest BCUT2D eigenvalue weighted by molar-refractivity contribution is -0.127. The van der Waals surface area contributed by atoms with E-state index in [0.29, 0.717) is 12.5 Å². The molecule has 0 radical (unpaired) electrons. The Bertz CT molecular complexity index is 541. The summed E-state index contributed by atoms with van der Waals surface area (Å²) >= 11 is 0. The van der Waals surface area contributed by atoms with E-state index in [-0.39, 0.29) is 41.8 Å². The van der Waals surface area contributed by atoms with Crippen LogP contribution in [0.3, 0.4) is 0 Å². The molecule has 0 unspecified atom stereocenters. The van der Waals surface area contributed by atoms with E-state index < -0.39 is 0 Å². The standard InChI is InChI=1S/C21H39N5O2.HI/c1-18(2)14-22-20(23-15-19(27)25(3)4)24-16-21(8-6-5-7-9-21)17-26-10-12-28-13-11-26;/h1,5-17H2,2-4H3,(H2,22,23,24);1H. The molecule has 1 saturated carbocycles. The van der Waals surface area contributed by atoms with Crippen molar-refractivity contribution in [2.75, 3.05) is 66.6 Å². The van der Waals surface area contributed by atoms with Crippen molar-refractivity contribution in [1.29, 1.82) is 0 Å². The van der Waals surface area contributed by atoms with Crippen LogP contribution in [0.5, 0.6) is 0 Å². The van der Waals surface area contributed by atoms with Gasteiger partial charge in [-0.1, -0.05) is 31.4 Å². The first-order valence-electron chi connectivity index (χ1n) is 10.6. The molecule has 0 aromatic rings.